The number of aromatic nitrogens is 2. The molecule has 88 valence electrons. The monoisotopic (exact) mass is 232 g/mol. The fourth-order valence-corrected chi connectivity index (χ4v) is 2.01. The second kappa shape index (κ2) is 4.37. The van der Waals surface area contributed by atoms with Gasteiger partial charge < -0.3 is 10.0 Å². The fourth-order valence-electron chi connectivity index (χ4n) is 2.01. The van der Waals surface area contributed by atoms with E-state index in [9.17, 15) is 4.79 Å². The van der Waals surface area contributed by atoms with Crippen LogP contribution in [0.3, 0.4) is 0 Å². The number of carboxylic acids is 1. The van der Waals surface area contributed by atoms with Gasteiger partial charge >= 0.3 is 5.97 Å². The lowest BCUT2D eigenvalue weighted by molar-refractivity contribution is -0.142. The van der Waals surface area contributed by atoms with Crippen molar-refractivity contribution in [2.75, 3.05) is 18.0 Å². The van der Waals surface area contributed by atoms with Crippen molar-refractivity contribution in [3.05, 3.63) is 18.0 Å². The van der Waals surface area contributed by atoms with Crippen LogP contribution in [0.25, 0.3) is 0 Å². The Labute approximate surface area is 98.5 Å². The molecule has 1 saturated heterocycles. The SMILES string of the molecule is CC1CN(c2nccc(C#N)n2)CC1C(=O)O. The Bertz CT molecular complexity index is 483. The molecule has 0 spiro atoms. The summed E-state index contributed by atoms with van der Waals surface area (Å²) in [6.45, 7) is 2.89. The highest BCUT2D eigenvalue weighted by Crippen LogP contribution is 2.25. The van der Waals surface area contributed by atoms with Crippen LogP contribution in [-0.4, -0.2) is 34.1 Å². The van der Waals surface area contributed by atoms with Gasteiger partial charge in [0.25, 0.3) is 0 Å². The molecule has 0 amide bonds. The molecule has 0 radical (unpaired) electrons. The normalized spacial score (nSPS) is 23.4. The number of carbonyl (C=O) groups is 1. The van der Waals surface area contributed by atoms with Crippen molar-refractivity contribution in [2.24, 2.45) is 11.8 Å². The van der Waals surface area contributed by atoms with E-state index in [-0.39, 0.29) is 5.92 Å². The Kier molecular flexibility index (Phi) is 2.91. The Hall–Kier alpha value is -2.16. The number of anilines is 1. The summed E-state index contributed by atoms with van der Waals surface area (Å²) in [6.07, 6.45) is 1.51. The maximum absolute atomic E-state index is 11.0. The van der Waals surface area contributed by atoms with Gasteiger partial charge in [0.15, 0.2) is 0 Å². The quantitative estimate of drug-likeness (QED) is 0.798. The van der Waals surface area contributed by atoms with Gasteiger partial charge in [-0.1, -0.05) is 6.92 Å². The lowest BCUT2D eigenvalue weighted by Crippen LogP contribution is -2.24. The van der Waals surface area contributed by atoms with E-state index in [0.717, 1.165) is 0 Å². The first-order valence-corrected chi connectivity index (χ1v) is 5.32. The van der Waals surface area contributed by atoms with Crippen molar-refractivity contribution >= 4 is 11.9 Å². The summed E-state index contributed by atoms with van der Waals surface area (Å²) in [6, 6.07) is 3.47. The van der Waals surface area contributed by atoms with E-state index in [2.05, 4.69) is 9.97 Å². The van der Waals surface area contributed by atoms with E-state index in [1.807, 2.05) is 17.9 Å². The van der Waals surface area contributed by atoms with Gasteiger partial charge in [-0.05, 0) is 12.0 Å². The van der Waals surface area contributed by atoms with E-state index in [4.69, 9.17) is 10.4 Å². The highest BCUT2D eigenvalue weighted by atomic mass is 16.4. The molecule has 1 aliphatic heterocycles. The summed E-state index contributed by atoms with van der Waals surface area (Å²) >= 11 is 0. The van der Waals surface area contributed by atoms with Gasteiger partial charge in [-0.3, -0.25) is 4.79 Å². The summed E-state index contributed by atoms with van der Waals surface area (Å²) < 4.78 is 0. The van der Waals surface area contributed by atoms with Crippen molar-refractivity contribution in [3.8, 4) is 6.07 Å². The van der Waals surface area contributed by atoms with Crippen molar-refractivity contribution in [3.63, 3.8) is 0 Å². The topological polar surface area (TPSA) is 90.1 Å². The third-order valence-corrected chi connectivity index (χ3v) is 2.97. The largest absolute Gasteiger partial charge is 0.481 e. The number of nitrogens with zero attached hydrogens (tertiary/aromatic N) is 4. The van der Waals surface area contributed by atoms with Crippen LogP contribution in [0.5, 0.6) is 0 Å². The molecule has 1 N–H and O–H groups in total. The summed E-state index contributed by atoms with van der Waals surface area (Å²) in [5.74, 6) is -0.706. The summed E-state index contributed by atoms with van der Waals surface area (Å²) in [5, 5.41) is 17.8. The van der Waals surface area contributed by atoms with Gasteiger partial charge in [0.1, 0.15) is 11.8 Å². The molecule has 6 heteroatoms. The molecule has 0 aromatic carbocycles. The third kappa shape index (κ3) is 2.18. The van der Waals surface area contributed by atoms with E-state index in [1.54, 1.807) is 0 Å². The van der Waals surface area contributed by atoms with Gasteiger partial charge in [0, 0.05) is 19.3 Å². The van der Waals surface area contributed by atoms with Crippen LogP contribution >= 0.6 is 0 Å². The fraction of sp³-hybridized carbons (Fsp3) is 0.455. The third-order valence-electron chi connectivity index (χ3n) is 2.97. The minimum absolute atomic E-state index is 0.0573. The molecule has 6 nitrogen and oxygen atoms in total. The standard InChI is InChI=1S/C11H12N4O2/c1-7-5-15(6-9(7)10(16)17)11-13-3-2-8(4-12)14-11/h2-3,7,9H,5-6H2,1H3,(H,16,17). The van der Waals surface area contributed by atoms with Gasteiger partial charge in [-0.25, -0.2) is 9.97 Å². The number of rotatable bonds is 2. The minimum Gasteiger partial charge on any atom is -0.481 e. The van der Waals surface area contributed by atoms with Crippen LogP contribution in [0.15, 0.2) is 12.3 Å². The molecule has 2 atom stereocenters. The molecule has 1 fully saturated rings. The Morgan fingerprint density at radius 2 is 2.41 bits per heavy atom. The molecule has 2 rings (SSSR count). The first-order valence-electron chi connectivity index (χ1n) is 5.32. The summed E-state index contributed by atoms with van der Waals surface area (Å²) in [5.41, 5.74) is 0.293. The zero-order valence-corrected chi connectivity index (χ0v) is 9.37. The summed E-state index contributed by atoms with van der Waals surface area (Å²) in [7, 11) is 0. The first-order chi connectivity index (χ1) is 8.11. The van der Waals surface area contributed by atoms with Crippen molar-refractivity contribution in [1.29, 1.82) is 5.26 Å². The average molecular weight is 232 g/mol. The zero-order chi connectivity index (χ0) is 12.4. The Balaban J connectivity index is 2.20. The van der Waals surface area contributed by atoms with Crippen LogP contribution in [0.1, 0.15) is 12.6 Å². The maximum Gasteiger partial charge on any atom is 0.308 e. The van der Waals surface area contributed by atoms with Crippen LogP contribution in [0.2, 0.25) is 0 Å². The molecule has 1 aliphatic rings. The summed E-state index contributed by atoms with van der Waals surface area (Å²) in [4.78, 5) is 20.9. The van der Waals surface area contributed by atoms with Crippen LogP contribution in [0, 0.1) is 23.2 Å². The lowest BCUT2D eigenvalue weighted by Gasteiger charge is -2.14. The van der Waals surface area contributed by atoms with Crippen molar-refractivity contribution in [1.82, 2.24) is 9.97 Å². The Morgan fingerprint density at radius 1 is 1.65 bits per heavy atom. The highest BCUT2D eigenvalue weighted by molar-refractivity contribution is 5.72. The number of aliphatic carboxylic acids is 1. The molecule has 2 heterocycles. The molecular weight excluding hydrogens is 220 g/mol. The molecular formula is C11H12N4O2. The average Bonchev–Trinajstić information content (AvgIpc) is 2.71. The molecule has 0 saturated carbocycles. The van der Waals surface area contributed by atoms with E-state index < -0.39 is 11.9 Å². The predicted molar refractivity (Wildman–Crippen MR) is 59.2 cm³/mol. The van der Waals surface area contributed by atoms with E-state index >= 15 is 0 Å². The Morgan fingerprint density at radius 3 is 3.00 bits per heavy atom. The first kappa shape index (κ1) is 11.3. The van der Waals surface area contributed by atoms with Crippen molar-refractivity contribution in [2.45, 2.75) is 6.92 Å². The predicted octanol–water partition coefficient (Wildman–Crippen LogP) is 0.505. The molecule has 2 unspecified atom stereocenters. The molecule has 17 heavy (non-hydrogen) atoms. The number of hydrogen-bond acceptors (Lipinski definition) is 5. The highest BCUT2D eigenvalue weighted by Gasteiger charge is 2.35. The van der Waals surface area contributed by atoms with Gasteiger partial charge in [-0.2, -0.15) is 5.26 Å². The molecule has 0 aliphatic carbocycles. The maximum atomic E-state index is 11.0. The zero-order valence-electron chi connectivity index (χ0n) is 9.37. The number of carboxylic acid groups (broad SMARTS) is 1. The van der Waals surface area contributed by atoms with Crippen LogP contribution in [-0.2, 0) is 4.79 Å². The van der Waals surface area contributed by atoms with E-state index in [1.165, 1.54) is 12.3 Å². The van der Waals surface area contributed by atoms with Gasteiger partial charge in [-0.15, -0.1) is 0 Å². The van der Waals surface area contributed by atoms with Gasteiger partial charge in [0.05, 0.1) is 5.92 Å². The number of nitriles is 1. The molecule has 0 bridgehead atoms. The van der Waals surface area contributed by atoms with Gasteiger partial charge in [0.2, 0.25) is 5.95 Å². The second-order valence-electron chi connectivity index (χ2n) is 4.18. The molecule has 1 aromatic rings. The van der Waals surface area contributed by atoms with Crippen LogP contribution < -0.4 is 4.90 Å². The van der Waals surface area contributed by atoms with E-state index in [0.29, 0.717) is 24.7 Å². The van der Waals surface area contributed by atoms with Crippen LogP contribution in [0.4, 0.5) is 5.95 Å². The second-order valence-corrected chi connectivity index (χ2v) is 4.18. The molecule has 1 aromatic heterocycles. The lowest BCUT2D eigenvalue weighted by atomic mass is 9.99. The van der Waals surface area contributed by atoms with Crippen molar-refractivity contribution < 1.29 is 9.90 Å². The number of hydrogen-bond donors (Lipinski definition) is 1. The smallest absolute Gasteiger partial charge is 0.308 e. The minimum atomic E-state index is -0.795.